The van der Waals surface area contributed by atoms with Crippen LogP contribution in [0.1, 0.15) is 50.5 Å². The number of carbonyl (C=O) groups excluding carboxylic acids is 2. The highest BCUT2D eigenvalue weighted by Crippen LogP contribution is 2.39. The summed E-state index contributed by atoms with van der Waals surface area (Å²) in [5.41, 5.74) is 1.01. The fourth-order valence-corrected chi connectivity index (χ4v) is 3.96. The maximum atomic E-state index is 13.3. The molecule has 4 nitrogen and oxygen atoms in total. The fourth-order valence-electron chi connectivity index (χ4n) is 3.96. The topological polar surface area (TPSA) is 58.2 Å². The van der Waals surface area contributed by atoms with Crippen LogP contribution in [-0.4, -0.2) is 24.9 Å². The molecular weight excluding hydrogens is 307 g/mol. The standard InChI is InChI=1S/C19H25FN2O2/c20-16-7-5-15(6-8-16)19(10-2-1-3-11-19)13-22-18(24)14-4-9-17(23)21-12-14/h5-8,14H,1-4,9-13H2,(H,21,23)(H,22,24)/t14-/m0/s1. The van der Waals surface area contributed by atoms with Crippen molar-refractivity contribution >= 4 is 11.8 Å². The Morgan fingerprint density at radius 1 is 1.21 bits per heavy atom. The van der Waals surface area contributed by atoms with Crippen LogP contribution in [0.5, 0.6) is 0 Å². The van der Waals surface area contributed by atoms with E-state index in [1.54, 1.807) is 0 Å². The number of halogens is 1. The smallest absolute Gasteiger partial charge is 0.224 e. The minimum absolute atomic E-state index is 0.0158. The Balaban J connectivity index is 1.67. The molecule has 24 heavy (non-hydrogen) atoms. The van der Waals surface area contributed by atoms with Gasteiger partial charge in [0.25, 0.3) is 0 Å². The maximum Gasteiger partial charge on any atom is 0.224 e. The monoisotopic (exact) mass is 332 g/mol. The predicted molar refractivity (Wildman–Crippen MR) is 89.9 cm³/mol. The van der Waals surface area contributed by atoms with Crippen LogP contribution < -0.4 is 10.6 Å². The minimum atomic E-state index is -0.230. The van der Waals surface area contributed by atoms with Gasteiger partial charge in [-0.05, 0) is 37.0 Å². The second kappa shape index (κ2) is 7.32. The first-order valence-corrected chi connectivity index (χ1v) is 8.90. The molecule has 5 heteroatoms. The van der Waals surface area contributed by atoms with Crippen LogP contribution in [0.2, 0.25) is 0 Å². The molecule has 1 heterocycles. The summed E-state index contributed by atoms with van der Waals surface area (Å²) in [6.45, 7) is 1.01. The Hall–Kier alpha value is -1.91. The molecule has 1 aliphatic heterocycles. The lowest BCUT2D eigenvalue weighted by molar-refractivity contribution is -0.129. The quantitative estimate of drug-likeness (QED) is 0.890. The van der Waals surface area contributed by atoms with Crippen molar-refractivity contribution < 1.29 is 14.0 Å². The zero-order valence-electron chi connectivity index (χ0n) is 13.9. The van der Waals surface area contributed by atoms with Crippen LogP contribution in [0.25, 0.3) is 0 Å². The van der Waals surface area contributed by atoms with E-state index in [-0.39, 0.29) is 29.0 Å². The average molecular weight is 332 g/mol. The van der Waals surface area contributed by atoms with Crippen molar-refractivity contribution in [3.63, 3.8) is 0 Å². The molecule has 2 amide bonds. The van der Waals surface area contributed by atoms with Gasteiger partial charge in [-0.2, -0.15) is 0 Å². The molecule has 2 fully saturated rings. The Morgan fingerprint density at radius 3 is 2.54 bits per heavy atom. The molecule has 1 aromatic carbocycles. The second-order valence-corrected chi connectivity index (χ2v) is 7.11. The number of nitrogens with one attached hydrogen (secondary N) is 2. The lowest BCUT2D eigenvalue weighted by Gasteiger charge is -2.38. The van der Waals surface area contributed by atoms with Gasteiger partial charge in [0.2, 0.25) is 11.8 Å². The van der Waals surface area contributed by atoms with Gasteiger partial charge in [0.15, 0.2) is 0 Å². The molecule has 1 saturated carbocycles. The Bertz CT molecular complexity index is 584. The Morgan fingerprint density at radius 2 is 1.92 bits per heavy atom. The zero-order valence-corrected chi connectivity index (χ0v) is 13.9. The molecule has 0 aromatic heterocycles. The molecule has 2 N–H and O–H groups in total. The van der Waals surface area contributed by atoms with Crippen LogP contribution in [0.4, 0.5) is 4.39 Å². The zero-order chi connectivity index (χ0) is 17.0. The number of carbonyl (C=O) groups is 2. The van der Waals surface area contributed by atoms with Crippen LogP contribution >= 0.6 is 0 Å². The molecule has 0 spiro atoms. The van der Waals surface area contributed by atoms with Crippen LogP contribution in [-0.2, 0) is 15.0 Å². The highest BCUT2D eigenvalue weighted by atomic mass is 19.1. The first-order chi connectivity index (χ1) is 11.6. The molecule has 2 aliphatic rings. The molecule has 1 aliphatic carbocycles. The minimum Gasteiger partial charge on any atom is -0.355 e. The number of hydrogen-bond donors (Lipinski definition) is 2. The van der Waals surface area contributed by atoms with Gasteiger partial charge < -0.3 is 10.6 Å². The molecule has 0 radical (unpaired) electrons. The molecule has 1 atom stereocenters. The van der Waals surface area contributed by atoms with Gasteiger partial charge in [-0.1, -0.05) is 31.4 Å². The molecule has 3 rings (SSSR count). The van der Waals surface area contributed by atoms with Crippen molar-refractivity contribution in [1.82, 2.24) is 10.6 Å². The van der Waals surface area contributed by atoms with Crippen LogP contribution in [0.15, 0.2) is 24.3 Å². The highest BCUT2D eigenvalue weighted by molar-refractivity contribution is 5.83. The summed E-state index contributed by atoms with van der Waals surface area (Å²) < 4.78 is 13.3. The highest BCUT2D eigenvalue weighted by Gasteiger charge is 2.35. The molecule has 0 bridgehead atoms. The number of benzene rings is 1. The van der Waals surface area contributed by atoms with Gasteiger partial charge in [0.05, 0.1) is 5.92 Å². The van der Waals surface area contributed by atoms with E-state index in [9.17, 15) is 14.0 Å². The average Bonchev–Trinajstić information content (AvgIpc) is 2.62. The van der Waals surface area contributed by atoms with Crippen molar-refractivity contribution in [1.29, 1.82) is 0 Å². The number of rotatable bonds is 4. The normalized spacial score (nSPS) is 23.4. The molecular formula is C19H25FN2O2. The first kappa shape index (κ1) is 16.9. The van der Waals surface area contributed by atoms with Crippen molar-refractivity contribution in [2.24, 2.45) is 5.92 Å². The van der Waals surface area contributed by atoms with Crippen molar-refractivity contribution in [3.05, 3.63) is 35.6 Å². The number of hydrogen-bond acceptors (Lipinski definition) is 2. The summed E-state index contributed by atoms with van der Waals surface area (Å²) in [6.07, 6.45) is 6.54. The third-order valence-corrected chi connectivity index (χ3v) is 5.50. The molecule has 130 valence electrons. The van der Waals surface area contributed by atoms with Gasteiger partial charge in [-0.25, -0.2) is 4.39 Å². The number of amides is 2. The lowest BCUT2D eigenvalue weighted by atomic mass is 9.69. The third kappa shape index (κ3) is 3.77. The van der Waals surface area contributed by atoms with Crippen molar-refractivity contribution in [2.75, 3.05) is 13.1 Å². The van der Waals surface area contributed by atoms with E-state index < -0.39 is 0 Å². The SMILES string of the molecule is O=C1CC[C@H](C(=O)NCC2(c3ccc(F)cc3)CCCCC2)CN1. The number of piperidine rings is 1. The second-order valence-electron chi connectivity index (χ2n) is 7.11. The summed E-state index contributed by atoms with van der Waals surface area (Å²) in [5.74, 6) is -0.334. The van der Waals surface area contributed by atoms with E-state index in [4.69, 9.17) is 0 Å². The first-order valence-electron chi connectivity index (χ1n) is 8.90. The van der Waals surface area contributed by atoms with Crippen molar-refractivity contribution in [2.45, 2.75) is 50.4 Å². The van der Waals surface area contributed by atoms with Gasteiger partial charge >= 0.3 is 0 Å². The molecule has 0 unspecified atom stereocenters. The molecule has 1 saturated heterocycles. The summed E-state index contributed by atoms with van der Waals surface area (Å²) in [4.78, 5) is 23.7. The summed E-state index contributed by atoms with van der Waals surface area (Å²) >= 11 is 0. The molecule has 1 aromatic rings. The van der Waals surface area contributed by atoms with E-state index in [2.05, 4.69) is 10.6 Å². The Kier molecular flexibility index (Phi) is 5.17. The van der Waals surface area contributed by atoms with Gasteiger partial charge in [-0.3, -0.25) is 9.59 Å². The van der Waals surface area contributed by atoms with Crippen LogP contribution in [0, 0.1) is 11.7 Å². The van der Waals surface area contributed by atoms with Gasteiger partial charge in [-0.15, -0.1) is 0 Å². The fraction of sp³-hybridized carbons (Fsp3) is 0.579. The van der Waals surface area contributed by atoms with E-state index >= 15 is 0 Å². The summed E-state index contributed by atoms with van der Waals surface area (Å²) in [6, 6.07) is 6.72. The Labute approximate surface area is 142 Å². The van der Waals surface area contributed by atoms with Gasteiger partial charge in [0.1, 0.15) is 5.82 Å². The van der Waals surface area contributed by atoms with Gasteiger partial charge in [0, 0.05) is 24.9 Å². The van der Waals surface area contributed by atoms with E-state index in [1.165, 1.54) is 18.6 Å². The largest absolute Gasteiger partial charge is 0.355 e. The lowest BCUT2D eigenvalue weighted by Crippen LogP contribution is -2.47. The van der Waals surface area contributed by atoms with E-state index in [0.29, 0.717) is 25.9 Å². The van der Waals surface area contributed by atoms with Crippen LogP contribution in [0.3, 0.4) is 0 Å². The summed E-state index contributed by atoms with van der Waals surface area (Å²) in [5, 5.41) is 5.86. The van der Waals surface area contributed by atoms with E-state index in [1.807, 2.05) is 12.1 Å². The predicted octanol–water partition coefficient (Wildman–Crippen LogP) is 2.67. The maximum absolute atomic E-state index is 13.3. The van der Waals surface area contributed by atoms with E-state index in [0.717, 1.165) is 31.2 Å². The summed E-state index contributed by atoms with van der Waals surface area (Å²) in [7, 11) is 0. The van der Waals surface area contributed by atoms with Crippen molar-refractivity contribution in [3.8, 4) is 0 Å². The third-order valence-electron chi connectivity index (χ3n) is 5.50.